The minimum Gasteiger partial charge on any atom is -0.311 e. The number of hydrogen-bond acceptors (Lipinski definition) is 5. The molecule has 1 aliphatic rings. The molecule has 27 heavy (non-hydrogen) atoms. The molecule has 0 bridgehead atoms. The summed E-state index contributed by atoms with van der Waals surface area (Å²) in [6.45, 7) is 0. The number of thiazole rings is 1. The molecule has 132 valence electrons. The molecular weight excluding hydrogens is 428 g/mol. The highest BCUT2D eigenvalue weighted by Crippen LogP contribution is 2.34. The van der Waals surface area contributed by atoms with Crippen molar-refractivity contribution in [1.29, 1.82) is 0 Å². The van der Waals surface area contributed by atoms with Crippen molar-refractivity contribution in [2.75, 3.05) is 11.9 Å². The molecule has 0 unspecified atom stereocenters. The van der Waals surface area contributed by atoms with Gasteiger partial charge < -0.3 is 4.90 Å². The fourth-order valence-electron chi connectivity index (χ4n) is 3.23. The predicted molar refractivity (Wildman–Crippen MR) is 108 cm³/mol. The predicted octanol–water partition coefficient (Wildman–Crippen LogP) is 2.47. The van der Waals surface area contributed by atoms with Gasteiger partial charge in [-0.15, -0.1) is 5.10 Å². The first-order valence-electron chi connectivity index (χ1n) is 8.12. The summed E-state index contributed by atoms with van der Waals surface area (Å²) in [5.74, 6) is 0.279. The largest absolute Gasteiger partial charge is 0.311 e. The van der Waals surface area contributed by atoms with Crippen molar-refractivity contribution >= 4 is 49.4 Å². The molecule has 0 atom stereocenters. The van der Waals surface area contributed by atoms with Crippen molar-refractivity contribution in [3.8, 4) is 11.4 Å². The van der Waals surface area contributed by atoms with Gasteiger partial charge in [-0.2, -0.15) is 9.50 Å². The molecule has 6 nitrogen and oxygen atoms in total. The van der Waals surface area contributed by atoms with Crippen LogP contribution in [0, 0.1) is 0 Å². The molecule has 8 heteroatoms. The van der Waals surface area contributed by atoms with Crippen LogP contribution in [0.2, 0.25) is 0 Å². The van der Waals surface area contributed by atoms with Gasteiger partial charge in [-0.25, -0.2) is 0 Å². The Labute approximate surface area is 165 Å². The third-order valence-corrected chi connectivity index (χ3v) is 6.27. The van der Waals surface area contributed by atoms with Crippen LogP contribution in [-0.4, -0.2) is 27.6 Å². The highest BCUT2D eigenvalue weighted by Gasteiger charge is 2.31. The van der Waals surface area contributed by atoms with E-state index in [-0.39, 0.29) is 11.5 Å². The maximum atomic E-state index is 13.0. The van der Waals surface area contributed by atoms with E-state index in [4.69, 9.17) is 0 Å². The van der Waals surface area contributed by atoms with Crippen molar-refractivity contribution in [1.82, 2.24) is 14.6 Å². The quantitative estimate of drug-likeness (QED) is 0.457. The van der Waals surface area contributed by atoms with Gasteiger partial charge in [-0.05, 0) is 18.2 Å². The minimum absolute atomic E-state index is 0.191. The van der Waals surface area contributed by atoms with Gasteiger partial charge in [-0.3, -0.25) is 9.59 Å². The fourth-order valence-corrected chi connectivity index (χ4v) is 4.69. The molecule has 1 aliphatic heterocycles. The van der Waals surface area contributed by atoms with Crippen LogP contribution in [0.4, 0.5) is 5.69 Å². The van der Waals surface area contributed by atoms with Crippen molar-refractivity contribution in [3.05, 3.63) is 73.5 Å². The van der Waals surface area contributed by atoms with E-state index in [1.165, 1.54) is 15.9 Å². The second-order valence-corrected chi connectivity index (χ2v) is 7.93. The highest BCUT2D eigenvalue weighted by molar-refractivity contribution is 9.10. The van der Waals surface area contributed by atoms with E-state index in [9.17, 15) is 9.59 Å². The van der Waals surface area contributed by atoms with Gasteiger partial charge in [0.15, 0.2) is 5.82 Å². The summed E-state index contributed by atoms with van der Waals surface area (Å²) in [7, 11) is 1.71. The average molecular weight is 439 g/mol. The molecule has 0 saturated heterocycles. The maximum Gasteiger partial charge on any atom is 0.291 e. The average Bonchev–Trinajstić information content (AvgIpc) is 3.29. The number of benzene rings is 2. The molecule has 0 spiro atoms. The number of amides is 1. The van der Waals surface area contributed by atoms with E-state index in [1.807, 2.05) is 48.5 Å². The van der Waals surface area contributed by atoms with Crippen LogP contribution in [-0.2, 0) is 4.79 Å². The Bertz CT molecular complexity index is 1360. The zero-order valence-electron chi connectivity index (χ0n) is 14.0. The number of para-hydroxylation sites is 1. The lowest BCUT2D eigenvalue weighted by Gasteiger charge is -2.07. The van der Waals surface area contributed by atoms with Gasteiger partial charge in [0, 0.05) is 22.6 Å². The van der Waals surface area contributed by atoms with Crippen LogP contribution in [0.3, 0.4) is 0 Å². The number of fused-ring (bicyclic) bond motifs is 2. The lowest BCUT2D eigenvalue weighted by molar-refractivity contribution is -0.112. The lowest BCUT2D eigenvalue weighted by atomic mass is 10.1. The van der Waals surface area contributed by atoms with Crippen molar-refractivity contribution < 1.29 is 4.79 Å². The Morgan fingerprint density at radius 2 is 1.70 bits per heavy atom. The maximum absolute atomic E-state index is 13.0. The summed E-state index contributed by atoms with van der Waals surface area (Å²) < 4.78 is 2.49. The summed E-state index contributed by atoms with van der Waals surface area (Å²) in [6.07, 6.45) is 0. The molecule has 2 aromatic heterocycles. The van der Waals surface area contributed by atoms with Crippen LogP contribution in [0.5, 0.6) is 0 Å². The number of hydrogen-bond donors (Lipinski definition) is 0. The Kier molecular flexibility index (Phi) is 3.53. The van der Waals surface area contributed by atoms with E-state index < -0.39 is 0 Å². The fraction of sp³-hybridized carbons (Fsp3) is 0.0526. The molecule has 0 fully saturated rings. The first-order chi connectivity index (χ1) is 13.1. The van der Waals surface area contributed by atoms with Crippen LogP contribution in [0.1, 0.15) is 5.56 Å². The molecule has 4 aromatic rings. The first-order valence-corrected chi connectivity index (χ1v) is 9.73. The first kappa shape index (κ1) is 16.3. The second kappa shape index (κ2) is 5.83. The molecule has 0 N–H and O–H groups in total. The highest BCUT2D eigenvalue weighted by atomic mass is 79.9. The molecular formula is C19H11BrN4O2S. The zero-order valence-corrected chi connectivity index (χ0v) is 16.4. The number of anilines is 1. The Morgan fingerprint density at radius 1 is 1.00 bits per heavy atom. The van der Waals surface area contributed by atoms with Crippen LogP contribution in [0.25, 0.3) is 21.9 Å². The Morgan fingerprint density at radius 3 is 2.44 bits per heavy atom. The third-order valence-electron chi connectivity index (χ3n) is 4.55. The zero-order chi connectivity index (χ0) is 18.7. The Balaban J connectivity index is 1.78. The van der Waals surface area contributed by atoms with Crippen molar-refractivity contribution in [2.24, 2.45) is 0 Å². The van der Waals surface area contributed by atoms with E-state index in [1.54, 1.807) is 11.9 Å². The second-order valence-electron chi connectivity index (χ2n) is 6.10. The number of carbonyl (C=O) groups excluding carboxylic acids is 1. The molecule has 5 rings (SSSR count). The van der Waals surface area contributed by atoms with Gasteiger partial charge in [-0.1, -0.05) is 57.6 Å². The monoisotopic (exact) mass is 438 g/mol. The van der Waals surface area contributed by atoms with E-state index in [0.717, 1.165) is 21.3 Å². The van der Waals surface area contributed by atoms with Crippen molar-refractivity contribution in [2.45, 2.75) is 0 Å². The van der Waals surface area contributed by atoms with Gasteiger partial charge >= 0.3 is 0 Å². The number of carbonyl (C=O) groups is 1. The van der Waals surface area contributed by atoms with E-state index >= 15 is 0 Å². The number of aromatic nitrogens is 3. The summed E-state index contributed by atoms with van der Waals surface area (Å²) in [6, 6.07) is 15.0. The molecule has 0 saturated carbocycles. The molecule has 0 radical (unpaired) electrons. The lowest BCUT2D eigenvalue weighted by Crippen LogP contribution is -2.30. The van der Waals surface area contributed by atoms with Crippen LogP contribution >= 0.6 is 27.3 Å². The van der Waals surface area contributed by atoms with Gasteiger partial charge in [0.25, 0.3) is 11.5 Å². The number of likely N-dealkylation sites (N-methyl/N-ethyl adjacent to an activating group) is 1. The molecule has 1 amide bonds. The standard InChI is InChI=1S/C19H11BrN4O2S/c1-23-13-9-5-3-7-11(13)14(17(23)25)15-18(26)24-19(27-15)21-16(22-24)10-6-2-4-8-12(10)20/h2-9H,1H3/b15-14-. The number of rotatable bonds is 1. The van der Waals surface area contributed by atoms with E-state index in [0.29, 0.717) is 20.9 Å². The van der Waals surface area contributed by atoms with Gasteiger partial charge in [0.2, 0.25) is 4.96 Å². The molecule has 3 heterocycles. The SMILES string of the molecule is CN1C(=O)/C(=c2\sc3nc(-c4ccccc4Br)nn3c2=O)c2ccccc21. The summed E-state index contributed by atoms with van der Waals surface area (Å²) in [5, 5.41) is 4.37. The molecule has 2 aromatic carbocycles. The van der Waals surface area contributed by atoms with Gasteiger partial charge in [0.05, 0.1) is 11.3 Å². The van der Waals surface area contributed by atoms with Crippen molar-refractivity contribution in [3.63, 3.8) is 0 Å². The van der Waals surface area contributed by atoms with E-state index in [2.05, 4.69) is 26.0 Å². The minimum atomic E-state index is -0.325. The van der Waals surface area contributed by atoms with Crippen LogP contribution < -0.4 is 15.0 Å². The van der Waals surface area contributed by atoms with Crippen LogP contribution in [0.15, 0.2) is 57.8 Å². The normalized spacial score (nSPS) is 15.6. The summed E-state index contributed by atoms with van der Waals surface area (Å²) in [5.41, 5.74) is 2.46. The molecule has 0 aliphatic carbocycles. The van der Waals surface area contributed by atoms with Gasteiger partial charge in [0.1, 0.15) is 4.53 Å². The third kappa shape index (κ3) is 2.30. The number of nitrogens with zero attached hydrogens (tertiary/aromatic N) is 4. The summed E-state index contributed by atoms with van der Waals surface area (Å²) in [4.78, 5) is 32.2. The Hall–Kier alpha value is -2.84. The number of halogens is 1. The topological polar surface area (TPSA) is 67.6 Å². The smallest absolute Gasteiger partial charge is 0.291 e. The summed E-state index contributed by atoms with van der Waals surface area (Å²) >= 11 is 4.67.